The maximum absolute atomic E-state index is 11.5. The number of aryl methyl sites for hydroxylation is 1. The summed E-state index contributed by atoms with van der Waals surface area (Å²) < 4.78 is 0. The molecule has 0 fully saturated rings. The number of benzene rings is 1. The predicted molar refractivity (Wildman–Crippen MR) is 69.2 cm³/mol. The Morgan fingerprint density at radius 3 is 2.78 bits per heavy atom. The molecule has 0 saturated heterocycles. The second-order valence-electron chi connectivity index (χ2n) is 3.99. The van der Waals surface area contributed by atoms with Crippen LogP contribution < -0.4 is 10.6 Å². The van der Waals surface area contributed by atoms with Crippen molar-refractivity contribution >= 4 is 17.5 Å². The lowest BCUT2D eigenvalue weighted by atomic mass is 10.1. The third kappa shape index (κ3) is 5.45. The molecule has 0 unspecified atom stereocenters. The lowest BCUT2D eigenvalue weighted by Gasteiger charge is -2.07. The van der Waals surface area contributed by atoms with E-state index in [2.05, 4.69) is 10.6 Å². The van der Waals surface area contributed by atoms with Crippen LogP contribution in [0.15, 0.2) is 24.3 Å². The van der Waals surface area contributed by atoms with E-state index in [0.717, 1.165) is 12.0 Å². The summed E-state index contributed by atoms with van der Waals surface area (Å²) in [5.41, 5.74) is 1.75. The first kappa shape index (κ1) is 14.2. The molecule has 0 aliphatic rings. The number of anilines is 1. The molecule has 0 aliphatic heterocycles. The molecule has 0 bridgehead atoms. The topological polar surface area (TPSA) is 78.4 Å². The molecule has 1 aromatic carbocycles. The minimum absolute atomic E-state index is 0.0315. The Morgan fingerprint density at radius 2 is 2.11 bits per heavy atom. The first-order chi connectivity index (χ1) is 8.61. The van der Waals surface area contributed by atoms with Gasteiger partial charge < -0.3 is 15.7 Å². The zero-order chi connectivity index (χ0) is 13.4. The number of hydrogen-bond acceptors (Lipinski definition) is 3. The van der Waals surface area contributed by atoms with Gasteiger partial charge in [0.1, 0.15) is 0 Å². The molecule has 5 heteroatoms. The van der Waals surface area contributed by atoms with Gasteiger partial charge in [0.25, 0.3) is 0 Å². The van der Waals surface area contributed by atoms with Crippen LogP contribution in [0.4, 0.5) is 5.69 Å². The van der Waals surface area contributed by atoms with Crippen LogP contribution in [0, 0.1) is 0 Å². The van der Waals surface area contributed by atoms with E-state index in [9.17, 15) is 9.59 Å². The minimum Gasteiger partial charge on any atom is -0.396 e. The molecule has 0 spiro atoms. The number of aliphatic hydroxyl groups is 1. The fourth-order valence-corrected chi connectivity index (χ4v) is 1.50. The Labute approximate surface area is 106 Å². The molecule has 0 heterocycles. The summed E-state index contributed by atoms with van der Waals surface area (Å²) in [5, 5.41) is 13.9. The first-order valence-corrected chi connectivity index (χ1v) is 5.86. The van der Waals surface area contributed by atoms with Crippen molar-refractivity contribution in [3.8, 4) is 0 Å². The quantitative estimate of drug-likeness (QED) is 0.695. The van der Waals surface area contributed by atoms with Gasteiger partial charge in [0.2, 0.25) is 11.8 Å². The second kappa shape index (κ2) is 7.45. The summed E-state index contributed by atoms with van der Waals surface area (Å²) in [5.74, 6) is -0.494. The molecular formula is C13H18N2O3. The average molecular weight is 250 g/mol. The van der Waals surface area contributed by atoms with Gasteiger partial charge in [-0.1, -0.05) is 12.1 Å². The Hall–Kier alpha value is -1.88. The normalized spacial score (nSPS) is 9.89. The summed E-state index contributed by atoms with van der Waals surface area (Å²) in [7, 11) is 0. The minimum atomic E-state index is -0.260. The zero-order valence-corrected chi connectivity index (χ0v) is 10.4. The zero-order valence-electron chi connectivity index (χ0n) is 10.4. The number of carbonyl (C=O) groups excluding carboxylic acids is 2. The summed E-state index contributed by atoms with van der Waals surface area (Å²) in [6.07, 6.45) is 1.47. The molecule has 0 aliphatic carbocycles. The highest BCUT2D eigenvalue weighted by Crippen LogP contribution is 2.11. The summed E-state index contributed by atoms with van der Waals surface area (Å²) in [4.78, 5) is 22.1. The highest BCUT2D eigenvalue weighted by atomic mass is 16.3. The van der Waals surface area contributed by atoms with E-state index in [1.165, 1.54) is 6.92 Å². The number of carbonyl (C=O) groups is 2. The van der Waals surface area contributed by atoms with Crippen LogP contribution in [0.2, 0.25) is 0 Å². The van der Waals surface area contributed by atoms with Crippen molar-refractivity contribution in [1.29, 1.82) is 0 Å². The van der Waals surface area contributed by atoms with Crippen molar-refractivity contribution < 1.29 is 14.7 Å². The summed E-state index contributed by atoms with van der Waals surface area (Å²) in [6.45, 7) is 1.48. The van der Waals surface area contributed by atoms with Gasteiger partial charge in [-0.25, -0.2) is 0 Å². The Morgan fingerprint density at radius 1 is 1.33 bits per heavy atom. The molecule has 0 radical (unpaired) electrons. The first-order valence-electron chi connectivity index (χ1n) is 5.86. The fourth-order valence-electron chi connectivity index (χ4n) is 1.50. The van der Waals surface area contributed by atoms with Gasteiger partial charge in [0, 0.05) is 19.2 Å². The maximum Gasteiger partial charge on any atom is 0.243 e. The SMILES string of the molecule is CC(=O)NCC(=O)Nc1cccc(CCCO)c1. The smallest absolute Gasteiger partial charge is 0.243 e. The molecule has 5 nitrogen and oxygen atoms in total. The average Bonchev–Trinajstić information content (AvgIpc) is 2.34. The molecule has 2 amide bonds. The van der Waals surface area contributed by atoms with Crippen molar-refractivity contribution in [3.05, 3.63) is 29.8 Å². The summed E-state index contributed by atoms with van der Waals surface area (Å²) in [6, 6.07) is 7.44. The van der Waals surface area contributed by atoms with Crippen LogP contribution in [0.3, 0.4) is 0 Å². The third-order valence-corrected chi connectivity index (χ3v) is 2.33. The molecule has 3 N–H and O–H groups in total. The van der Waals surface area contributed by atoms with Crippen LogP contribution in [-0.2, 0) is 16.0 Å². The van der Waals surface area contributed by atoms with Crippen LogP contribution in [0.1, 0.15) is 18.9 Å². The molecule has 18 heavy (non-hydrogen) atoms. The third-order valence-electron chi connectivity index (χ3n) is 2.33. The molecule has 0 saturated carbocycles. The van der Waals surface area contributed by atoms with Crippen molar-refractivity contribution in [2.45, 2.75) is 19.8 Å². The van der Waals surface area contributed by atoms with Gasteiger partial charge in [0.15, 0.2) is 0 Å². The number of amides is 2. The number of rotatable bonds is 6. The number of aliphatic hydroxyl groups excluding tert-OH is 1. The lowest BCUT2D eigenvalue weighted by molar-refractivity contribution is -0.122. The highest BCUT2D eigenvalue weighted by Gasteiger charge is 2.03. The van der Waals surface area contributed by atoms with Crippen LogP contribution in [0.25, 0.3) is 0 Å². The monoisotopic (exact) mass is 250 g/mol. The van der Waals surface area contributed by atoms with Crippen LogP contribution >= 0.6 is 0 Å². The molecule has 0 aromatic heterocycles. The molecule has 1 rings (SSSR count). The Bertz CT molecular complexity index is 418. The Balaban J connectivity index is 2.50. The number of hydrogen-bond donors (Lipinski definition) is 3. The van der Waals surface area contributed by atoms with E-state index in [0.29, 0.717) is 12.1 Å². The Kier molecular flexibility index (Phi) is 5.87. The van der Waals surface area contributed by atoms with Crippen molar-refractivity contribution in [2.24, 2.45) is 0 Å². The second-order valence-corrected chi connectivity index (χ2v) is 3.99. The van der Waals surface area contributed by atoms with Crippen LogP contribution in [-0.4, -0.2) is 30.1 Å². The van der Waals surface area contributed by atoms with E-state index in [-0.39, 0.29) is 25.0 Å². The van der Waals surface area contributed by atoms with Gasteiger partial charge in [-0.3, -0.25) is 9.59 Å². The van der Waals surface area contributed by atoms with Gasteiger partial charge >= 0.3 is 0 Å². The van der Waals surface area contributed by atoms with Crippen molar-refractivity contribution in [3.63, 3.8) is 0 Å². The van der Waals surface area contributed by atoms with E-state index in [4.69, 9.17) is 5.11 Å². The molecule has 0 atom stereocenters. The van der Waals surface area contributed by atoms with E-state index >= 15 is 0 Å². The largest absolute Gasteiger partial charge is 0.396 e. The molecular weight excluding hydrogens is 232 g/mol. The van der Waals surface area contributed by atoms with E-state index in [1.54, 1.807) is 6.07 Å². The van der Waals surface area contributed by atoms with Gasteiger partial charge in [0.05, 0.1) is 6.54 Å². The van der Waals surface area contributed by atoms with Crippen LogP contribution in [0.5, 0.6) is 0 Å². The van der Waals surface area contributed by atoms with E-state index in [1.807, 2.05) is 18.2 Å². The summed E-state index contributed by atoms with van der Waals surface area (Å²) >= 11 is 0. The standard InChI is InChI=1S/C13H18N2O3/c1-10(17)14-9-13(18)15-12-6-2-4-11(8-12)5-3-7-16/h2,4,6,8,16H,3,5,7,9H2,1H3,(H,14,17)(H,15,18). The molecule has 98 valence electrons. The van der Waals surface area contributed by atoms with Gasteiger partial charge in [-0.2, -0.15) is 0 Å². The number of nitrogens with one attached hydrogen (secondary N) is 2. The maximum atomic E-state index is 11.5. The predicted octanol–water partition coefficient (Wildman–Crippen LogP) is 0.686. The van der Waals surface area contributed by atoms with E-state index < -0.39 is 0 Å². The fraction of sp³-hybridized carbons (Fsp3) is 0.385. The highest BCUT2D eigenvalue weighted by molar-refractivity contribution is 5.94. The molecule has 1 aromatic rings. The lowest BCUT2D eigenvalue weighted by Crippen LogP contribution is -2.31. The van der Waals surface area contributed by atoms with Gasteiger partial charge in [-0.15, -0.1) is 0 Å². The van der Waals surface area contributed by atoms with Crippen molar-refractivity contribution in [2.75, 3.05) is 18.5 Å². The van der Waals surface area contributed by atoms with Crippen molar-refractivity contribution in [1.82, 2.24) is 5.32 Å². The van der Waals surface area contributed by atoms with Gasteiger partial charge in [-0.05, 0) is 30.5 Å².